The fourth-order valence-electron chi connectivity index (χ4n) is 3.17. The number of nitrogens with two attached hydrogens (primary N) is 1. The second kappa shape index (κ2) is 7.55. The number of anilines is 1. The lowest BCUT2D eigenvalue weighted by Crippen LogP contribution is -2.29. The number of hydrogen-bond acceptors (Lipinski definition) is 6. The maximum Gasteiger partial charge on any atom is 0.343 e. The van der Waals surface area contributed by atoms with Gasteiger partial charge in [0.15, 0.2) is 16.7 Å². The molecule has 28 heavy (non-hydrogen) atoms. The zero-order chi connectivity index (χ0) is 19.7. The minimum atomic E-state index is -0.743. The zero-order valence-corrected chi connectivity index (χ0v) is 15.9. The van der Waals surface area contributed by atoms with Gasteiger partial charge in [0, 0.05) is 18.7 Å². The Kier molecular flexibility index (Phi) is 4.95. The smallest absolute Gasteiger partial charge is 0.343 e. The number of hydrogen-bond donors (Lipinski definition) is 2. The molecule has 2 heterocycles. The van der Waals surface area contributed by atoms with Gasteiger partial charge in [-0.3, -0.25) is 5.41 Å². The van der Waals surface area contributed by atoms with Crippen LogP contribution in [-0.2, 0) is 0 Å². The third-order valence-electron chi connectivity index (χ3n) is 4.68. The number of halogens is 1. The quantitative estimate of drug-likeness (QED) is 0.301. The molecule has 0 radical (unpaired) electrons. The molecule has 0 saturated carbocycles. The van der Waals surface area contributed by atoms with Gasteiger partial charge in [-0.25, -0.2) is 14.2 Å². The molecule has 0 unspecified atom stereocenters. The number of fused-ring (bicyclic) bond motifs is 1. The highest BCUT2D eigenvalue weighted by Gasteiger charge is 2.17. The van der Waals surface area contributed by atoms with Crippen LogP contribution in [0.25, 0.3) is 10.2 Å². The first-order valence-corrected chi connectivity index (χ1v) is 9.84. The molecule has 0 aliphatic carbocycles. The second-order valence-corrected chi connectivity index (χ2v) is 7.68. The normalized spacial score (nSPS) is 14.2. The predicted octanol–water partition coefficient (Wildman–Crippen LogP) is 3.93. The molecule has 6 nitrogen and oxygen atoms in total. The number of nitrogen functional groups attached to an aromatic ring is 1. The van der Waals surface area contributed by atoms with E-state index in [1.807, 2.05) is 0 Å². The number of carbonyl (C=O) groups is 1. The number of carbonyl (C=O) groups excluding carboxylic acids is 1. The number of ether oxygens (including phenoxy) is 1. The number of benzene rings is 2. The largest absolute Gasteiger partial charge is 0.420 e. The van der Waals surface area contributed by atoms with E-state index in [0.29, 0.717) is 5.56 Å². The van der Waals surface area contributed by atoms with E-state index in [1.54, 1.807) is 29.5 Å². The van der Waals surface area contributed by atoms with E-state index in [-0.39, 0.29) is 17.1 Å². The lowest BCUT2D eigenvalue weighted by Gasteiger charge is -2.25. The monoisotopic (exact) mass is 398 g/mol. The maximum absolute atomic E-state index is 14.1. The van der Waals surface area contributed by atoms with E-state index < -0.39 is 11.8 Å². The Morgan fingerprint density at radius 3 is 2.61 bits per heavy atom. The first-order valence-electron chi connectivity index (χ1n) is 9.03. The van der Waals surface area contributed by atoms with Crippen LogP contribution >= 0.6 is 11.3 Å². The molecule has 3 aromatic rings. The molecule has 1 fully saturated rings. The van der Waals surface area contributed by atoms with Crippen molar-refractivity contribution in [3.05, 3.63) is 53.3 Å². The van der Waals surface area contributed by atoms with Crippen LogP contribution in [0.1, 0.15) is 35.2 Å². The Hall–Kier alpha value is -3.00. The van der Waals surface area contributed by atoms with Crippen molar-refractivity contribution in [2.75, 3.05) is 18.0 Å². The minimum Gasteiger partial charge on any atom is -0.420 e. The molecule has 1 aliphatic rings. The summed E-state index contributed by atoms with van der Waals surface area (Å²) in [5.41, 5.74) is 6.73. The zero-order valence-electron chi connectivity index (χ0n) is 15.1. The van der Waals surface area contributed by atoms with Crippen molar-refractivity contribution in [1.29, 1.82) is 5.41 Å². The van der Waals surface area contributed by atoms with Gasteiger partial charge >= 0.3 is 5.97 Å². The van der Waals surface area contributed by atoms with E-state index in [1.165, 1.54) is 31.4 Å². The van der Waals surface area contributed by atoms with Crippen molar-refractivity contribution in [2.45, 2.75) is 19.3 Å². The standard InChI is InChI=1S/C20H19FN4O2S/c21-14-10-12(18(22)23)5-7-16(14)27-19(26)13-4-6-15-17(11-13)28-20(24-15)25-8-2-1-3-9-25/h4-7,10-11H,1-3,8-9H2,(H3,22,23). The summed E-state index contributed by atoms with van der Waals surface area (Å²) in [5.74, 6) is -1.85. The van der Waals surface area contributed by atoms with Crippen LogP contribution in [0.3, 0.4) is 0 Å². The number of amidine groups is 1. The average molecular weight is 398 g/mol. The van der Waals surface area contributed by atoms with E-state index in [0.717, 1.165) is 34.5 Å². The van der Waals surface area contributed by atoms with Crippen molar-refractivity contribution in [2.24, 2.45) is 5.73 Å². The fraction of sp³-hybridized carbons (Fsp3) is 0.250. The second-order valence-electron chi connectivity index (χ2n) is 6.68. The van der Waals surface area contributed by atoms with E-state index in [9.17, 15) is 9.18 Å². The topological polar surface area (TPSA) is 92.3 Å². The van der Waals surface area contributed by atoms with Crippen molar-refractivity contribution in [3.63, 3.8) is 0 Å². The fourth-order valence-corrected chi connectivity index (χ4v) is 4.23. The molecule has 1 aromatic heterocycles. The summed E-state index contributed by atoms with van der Waals surface area (Å²) < 4.78 is 20.2. The van der Waals surface area contributed by atoms with Gasteiger partial charge < -0.3 is 15.4 Å². The number of esters is 1. The molecule has 0 atom stereocenters. The number of piperidine rings is 1. The van der Waals surface area contributed by atoms with Gasteiger partial charge in [0.2, 0.25) is 0 Å². The highest BCUT2D eigenvalue weighted by molar-refractivity contribution is 7.22. The van der Waals surface area contributed by atoms with Gasteiger partial charge in [0.05, 0.1) is 15.8 Å². The predicted molar refractivity (Wildman–Crippen MR) is 108 cm³/mol. The summed E-state index contributed by atoms with van der Waals surface area (Å²) in [6.07, 6.45) is 3.59. The Balaban J connectivity index is 1.55. The Labute approximate surface area is 165 Å². The molecular weight excluding hydrogens is 379 g/mol. The van der Waals surface area contributed by atoms with Gasteiger partial charge in [0.1, 0.15) is 5.84 Å². The van der Waals surface area contributed by atoms with E-state index in [2.05, 4.69) is 9.88 Å². The lowest BCUT2D eigenvalue weighted by molar-refractivity contribution is 0.0728. The molecule has 1 aliphatic heterocycles. The van der Waals surface area contributed by atoms with Crippen LogP contribution in [0.15, 0.2) is 36.4 Å². The minimum absolute atomic E-state index is 0.201. The summed E-state index contributed by atoms with van der Waals surface area (Å²) in [6, 6.07) is 8.94. The third-order valence-corrected chi connectivity index (χ3v) is 5.76. The van der Waals surface area contributed by atoms with Gasteiger partial charge in [-0.1, -0.05) is 11.3 Å². The molecule has 2 aromatic carbocycles. The van der Waals surface area contributed by atoms with Crippen LogP contribution in [0.5, 0.6) is 5.75 Å². The first kappa shape index (κ1) is 18.4. The Morgan fingerprint density at radius 2 is 1.89 bits per heavy atom. The summed E-state index contributed by atoms with van der Waals surface area (Å²) in [4.78, 5) is 19.4. The van der Waals surface area contributed by atoms with Gasteiger partial charge in [0.25, 0.3) is 0 Å². The molecule has 1 saturated heterocycles. The third kappa shape index (κ3) is 3.68. The number of rotatable bonds is 4. The van der Waals surface area contributed by atoms with E-state index in [4.69, 9.17) is 15.9 Å². The number of aromatic nitrogens is 1. The van der Waals surface area contributed by atoms with Crippen molar-refractivity contribution >= 4 is 38.5 Å². The van der Waals surface area contributed by atoms with Crippen LogP contribution < -0.4 is 15.4 Å². The number of nitrogens with one attached hydrogen (secondary N) is 1. The van der Waals surface area contributed by atoms with Crippen LogP contribution in [-0.4, -0.2) is 29.9 Å². The SMILES string of the molecule is N=C(N)c1ccc(OC(=O)c2ccc3nc(N4CCCCC4)sc3c2)c(F)c1. The maximum atomic E-state index is 14.1. The molecule has 0 spiro atoms. The molecule has 0 amide bonds. The highest BCUT2D eigenvalue weighted by atomic mass is 32.1. The van der Waals surface area contributed by atoms with Crippen molar-refractivity contribution in [3.8, 4) is 5.75 Å². The lowest BCUT2D eigenvalue weighted by atomic mass is 10.1. The molecule has 0 bridgehead atoms. The molecule has 4 rings (SSSR count). The number of thiazole rings is 1. The van der Waals surface area contributed by atoms with Crippen LogP contribution in [0.4, 0.5) is 9.52 Å². The van der Waals surface area contributed by atoms with E-state index >= 15 is 0 Å². The van der Waals surface area contributed by atoms with Gasteiger partial charge in [-0.15, -0.1) is 0 Å². The molecule has 144 valence electrons. The Bertz CT molecular complexity index is 1060. The first-order chi connectivity index (χ1) is 13.5. The average Bonchev–Trinajstić information content (AvgIpc) is 3.13. The summed E-state index contributed by atoms with van der Waals surface area (Å²) >= 11 is 1.55. The van der Waals surface area contributed by atoms with Crippen molar-refractivity contribution < 1.29 is 13.9 Å². The molecular formula is C20H19FN4O2S. The molecule has 8 heteroatoms. The number of nitrogens with zero attached hydrogens (tertiary/aromatic N) is 2. The van der Waals surface area contributed by atoms with Crippen molar-refractivity contribution in [1.82, 2.24) is 4.98 Å². The van der Waals surface area contributed by atoms with Gasteiger partial charge in [-0.2, -0.15) is 0 Å². The van der Waals surface area contributed by atoms with Crippen LogP contribution in [0.2, 0.25) is 0 Å². The highest BCUT2D eigenvalue weighted by Crippen LogP contribution is 2.31. The van der Waals surface area contributed by atoms with Gasteiger partial charge in [-0.05, 0) is 55.7 Å². The Morgan fingerprint density at radius 1 is 1.14 bits per heavy atom. The summed E-state index contributed by atoms with van der Waals surface area (Å²) in [5, 5.41) is 8.29. The summed E-state index contributed by atoms with van der Waals surface area (Å²) in [6.45, 7) is 2.01. The summed E-state index contributed by atoms with van der Waals surface area (Å²) in [7, 11) is 0. The van der Waals surface area contributed by atoms with Crippen LogP contribution in [0, 0.1) is 11.2 Å². The molecule has 3 N–H and O–H groups in total.